The fourth-order valence-corrected chi connectivity index (χ4v) is 2.99. The van der Waals surface area contributed by atoms with Gasteiger partial charge >= 0.3 is 0 Å². The molecular formula is C21H23N3O4. The van der Waals surface area contributed by atoms with Crippen molar-refractivity contribution in [1.82, 2.24) is 14.9 Å². The predicted molar refractivity (Wildman–Crippen MR) is 107 cm³/mol. The van der Waals surface area contributed by atoms with Crippen molar-refractivity contribution in [1.29, 1.82) is 0 Å². The van der Waals surface area contributed by atoms with Gasteiger partial charge in [0, 0.05) is 12.1 Å². The summed E-state index contributed by atoms with van der Waals surface area (Å²) in [6, 6.07) is 12.1. The molecule has 3 aromatic rings. The van der Waals surface area contributed by atoms with E-state index in [2.05, 4.69) is 9.97 Å². The third kappa shape index (κ3) is 3.83. The van der Waals surface area contributed by atoms with E-state index in [0.717, 1.165) is 0 Å². The standard InChI is InChI=1S/C21H23N3O4/c1-13(2)24(21(26)16-10-9-14(27-3)11-18(16)28-4)12-19-22-17-8-6-5-7-15(17)20(25)23-19/h5-11,13H,12H2,1-4H3,(H,22,23,25). The Labute approximate surface area is 162 Å². The van der Waals surface area contributed by atoms with E-state index in [1.54, 1.807) is 48.4 Å². The first-order valence-electron chi connectivity index (χ1n) is 8.95. The number of ether oxygens (including phenoxy) is 2. The van der Waals surface area contributed by atoms with Crippen LogP contribution < -0.4 is 15.0 Å². The number of hydrogen-bond acceptors (Lipinski definition) is 5. The van der Waals surface area contributed by atoms with E-state index >= 15 is 0 Å². The SMILES string of the molecule is COc1ccc(C(=O)N(Cc2nc3ccccc3c(=O)[nH]2)C(C)C)c(OC)c1. The van der Waals surface area contributed by atoms with E-state index in [1.165, 1.54) is 7.11 Å². The van der Waals surface area contributed by atoms with Crippen molar-refractivity contribution < 1.29 is 14.3 Å². The van der Waals surface area contributed by atoms with Crippen molar-refractivity contribution >= 4 is 16.8 Å². The topological polar surface area (TPSA) is 84.5 Å². The summed E-state index contributed by atoms with van der Waals surface area (Å²) in [5.41, 5.74) is 0.790. The van der Waals surface area contributed by atoms with Crippen molar-refractivity contribution in [3.8, 4) is 11.5 Å². The maximum absolute atomic E-state index is 13.2. The molecule has 0 saturated heterocycles. The maximum atomic E-state index is 13.2. The van der Waals surface area contributed by atoms with Crippen LogP contribution in [0.1, 0.15) is 30.0 Å². The molecular weight excluding hydrogens is 358 g/mol. The van der Waals surface area contributed by atoms with Gasteiger partial charge in [0.1, 0.15) is 17.3 Å². The van der Waals surface area contributed by atoms with Gasteiger partial charge in [0.15, 0.2) is 0 Å². The van der Waals surface area contributed by atoms with Gasteiger partial charge in [-0.15, -0.1) is 0 Å². The molecule has 1 N–H and O–H groups in total. The number of nitrogens with one attached hydrogen (secondary N) is 1. The van der Waals surface area contributed by atoms with Gasteiger partial charge in [-0.3, -0.25) is 9.59 Å². The first-order chi connectivity index (χ1) is 13.4. The quantitative estimate of drug-likeness (QED) is 0.710. The summed E-state index contributed by atoms with van der Waals surface area (Å²) in [5, 5.41) is 0.519. The summed E-state index contributed by atoms with van der Waals surface area (Å²) in [4.78, 5) is 34.4. The number of amides is 1. The van der Waals surface area contributed by atoms with Crippen molar-refractivity contribution in [3.63, 3.8) is 0 Å². The van der Waals surface area contributed by atoms with Crippen LogP contribution in [0.5, 0.6) is 11.5 Å². The van der Waals surface area contributed by atoms with Gasteiger partial charge in [-0.2, -0.15) is 0 Å². The van der Waals surface area contributed by atoms with Crippen molar-refractivity contribution in [3.05, 3.63) is 64.2 Å². The summed E-state index contributed by atoms with van der Waals surface area (Å²) in [6.07, 6.45) is 0. The van der Waals surface area contributed by atoms with Gasteiger partial charge in [-0.05, 0) is 38.1 Å². The van der Waals surface area contributed by atoms with Crippen LogP contribution in [0.15, 0.2) is 47.3 Å². The van der Waals surface area contributed by atoms with Crippen molar-refractivity contribution in [2.24, 2.45) is 0 Å². The fourth-order valence-electron chi connectivity index (χ4n) is 2.99. The summed E-state index contributed by atoms with van der Waals surface area (Å²) < 4.78 is 10.6. The first kappa shape index (κ1) is 19.4. The van der Waals surface area contributed by atoms with Crippen molar-refractivity contribution in [2.75, 3.05) is 14.2 Å². The summed E-state index contributed by atoms with van der Waals surface area (Å²) >= 11 is 0. The van der Waals surface area contributed by atoms with Crippen LogP contribution in [0.4, 0.5) is 0 Å². The molecule has 0 spiro atoms. The summed E-state index contributed by atoms with van der Waals surface area (Å²) in [6.45, 7) is 3.99. The zero-order chi connectivity index (χ0) is 20.3. The second-order valence-electron chi connectivity index (χ2n) is 6.62. The van der Waals surface area contributed by atoms with Crippen LogP contribution in [0.3, 0.4) is 0 Å². The van der Waals surface area contributed by atoms with Crippen molar-refractivity contribution in [2.45, 2.75) is 26.4 Å². The van der Waals surface area contributed by atoms with E-state index in [4.69, 9.17) is 9.47 Å². The molecule has 0 atom stereocenters. The van der Waals surface area contributed by atoms with Gasteiger partial charge in [0.2, 0.25) is 0 Å². The van der Waals surface area contributed by atoms with E-state index in [1.807, 2.05) is 19.9 Å². The Morgan fingerprint density at radius 2 is 1.89 bits per heavy atom. The van der Waals surface area contributed by atoms with Gasteiger partial charge < -0.3 is 19.4 Å². The molecule has 0 aliphatic heterocycles. The molecule has 2 aromatic carbocycles. The molecule has 1 aromatic heterocycles. The molecule has 28 heavy (non-hydrogen) atoms. The Bertz CT molecular complexity index is 1060. The maximum Gasteiger partial charge on any atom is 0.258 e. The molecule has 3 rings (SSSR count). The molecule has 0 aliphatic rings. The Balaban J connectivity index is 1.96. The zero-order valence-corrected chi connectivity index (χ0v) is 16.4. The van der Waals surface area contributed by atoms with Crippen LogP contribution in [0, 0.1) is 0 Å². The number of para-hydroxylation sites is 1. The second kappa shape index (κ2) is 8.12. The van der Waals surface area contributed by atoms with E-state index in [-0.39, 0.29) is 24.1 Å². The smallest absolute Gasteiger partial charge is 0.258 e. The number of fused-ring (bicyclic) bond motifs is 1. The monoisotopic (exact) mass is 381 g/mol. The number of methoxy groups -OCH3 is 2. The minimum Gasteiger partial charge on any atom is -0.497 e. The highest BCUT2D eigenvalue weighted by atomic mass is 16.5. The Hall–Kier alpha value is -3.35. The van der Waals surface area contributed by atoms with Crippen LogP contribution in [0.25, 0.3) is 10.9 Å². The van der Waals surface area contributed by atoms with Crippen LogP contribution >= 0.6 is 0 Å². The number of hydrogen-bond donors (Lipinski definition) is 1. The fraction of sp³-hybridized carbons (Fsp3) is 0.286. The van der Waals surface area contributed by atoms with Gasteiger partial charge in [0.25, 0.3) is 11.5 Å². The summed E-state index contributed by atoms with van der Waals surface area (Å²) in [7, 11) is 3.06. The minimum atomic E-state index is -0.223. The highest BCUT2D eigenvalue weighted by Gasteiger charge is 2.23. The summed E-state index contributed by atoms with van der Waals surface area (Å²) in [5.74, 6) is 1.24. The highest BCUT2D eigenvalue weighted by Crippen LogP contribution is 2.26. The molecule has 7 nitrogen and oxygen atoms in total. The molecule has 0 fully saturated rings. The number of aromatic nitrogens is 2. The van der Waals surface area contributed by atoms with Crippen LogP contribution in [-0.4, -0.2) is 41.0 Å². The average molecular weight is 381 g/mol. The molecule has 0 bridgehead atoms. The molecule has 0 unspecified atom stereocenters. The average Bonchev–Trinajstić information content (AvgIpc) is 2.70. The van der Waals surface area contributed by atoms with Gasteiger partial charge in [0.05, 0.1) is 37.2 Å². The Morgan fingerprint density at radius 3 is 2.57 bits per heavy atom. The molecule has 0 saturated carbocycles. The third-order valence-corrected chi connectivity index (χ3v) is 4.51. The van der Waals surface area contributed by atoms with E-state index in [9.17, 15) is 9.59 Å². The third-order valence-electron chi connectivity index (χ3n) is 4.51. The van der Waals surface area contributed by atoms with Crippen LogP contribution in [0.2, 0.25) is 0 Å². The number of carbonyl (C=O) groups excluding carboxylic acids is 1. The second-order valence-corrected chi connectivity index (χ2v) is 6.62. The lowest BCUT2D eigenvalue weighted by Gasteiger charge is -2.27. The predicted octanol–water partition coefficient (Wildman–Crippen LogP) is 2.99. The zero-order valence-electron chi connectivity index (χ0n) is 16.4. The lowest BCUT2D eigenvalue weighted by molar-refractivity contribution is 0.0681. The lowest BCUT2D eigenvalue weighted by Crippen LogP contribution is -2.37. The number of rotatable bonds is 6. The number of nitrogens with zero attached hydrogens (tertiary/aromatic N) is 2. The molecule has 1 amide bonds. The number of aromatic amines is 1. The van der Waals surface area contributed by atoms with E-state index < -0.39 is 0 Å². The normalized spacial score (nSPS) is 10.9. The van der Waals surface area contributed by atoms with Gasteiger partial charge in [-0.25, -0.2) is 4.98 Å². The molecule has 0 radical (unpaired) electrons. The van der Waals surface area contributed by atoms with Crippen LogP contribution in [-0.2, 0) is 6.54 Å². The largest absolute Gasteiger partial charge is 0.497 e. The lowest BCUT2D eigenvalue weighted by atomic mass is 10.1. The molecule has 146 valence electrons. The van der Waals surface area contributed by atoms with E-state index in [0.29, 0.717) is 33.8 Å². The Kier molecular flexibility index (Phi) is 5.63. The molecule has 0 aliphatic carbocycles. The molecule has 1 heterocycles. The first-order valence-corrected chi connectivity index (χ1v) is 8.95. The molecule has 7 heteroatoms. The number of benzene rings is 2. The Morgan fingerprint density at radius 1 is 1.14 bits per heavy atom. The van der Waals surface area contributed by atoms with Gasteiger partial charge in [-0.1, -0.05) is 12.1 Å². The minimum absolute atomic E-state index is 0.115. The highest BCUT2D eigenvalue weighted by molar-refractivity contribution is 5.97. The number of carbonyl (C=O) groups is 1. The number of H-pyrrole nitrogens is 1.